The number of hydrogen-bond donors (Lipinski definition) is 1. The Kier molecular flexibility index (Phi) is 6.74. The van der Waals surface area contributed by atoms with Crippen LogP contribution in [0, 0.1) is 18.8 Å². The van der Waals surface area contributed by atoms with Gasteiger partial charge in [0.05, 0.1) is 35.4 Å². The molecule has 2 amide bonds. The van der Waals surface area contributed by atoms with Gasteiger partial charge in [-0.1, -0.05) is 25.0 Å². The maximum atomic E-state index is 13.1. The molecule has 4 rings (SSSR count). The maximum absolute atomic E-state index is 13.1. The van der Waals surface area contributed by atoms with E-state index in [1.54, 1.807) is 26.0 Å². The summed E-state index contributed by atoms with van der Waals surface area (Å²) in [6, 6.07) is 10.9. The molecule has 0 aromatic heterocycles. The second-order valence-electron chi connectivity index (χ2n) is 8.76. The largest absolute Gasteiger partial charge is 0.462 e. The van der Waals surface area contributed by atoms with E-state index in [9.17, 15) is 22.8 Å². The first-order valence-corrected chi connectivity index (χ1v) is 12.9. The molecule has 1 aliphatic carbocycles. The lowest BCUT2D eigenvalue weighted by Crippen LogP contribution is -2.30. The van der Waals surface area contributed by atoms with Crippen LogP contribution in [0.1, 0.15) is 54.1 Å². The Bertz CT molecular complexity index is 1200. The number of benzene rings is 2. The quantitative estimate of drug-likeness (QED) is 0.475. The normalized spacial score (nSPS) is 20.2. The number of esters is 1. The SMILES string of the molecule is CCOC(=O)c1ccc(NS(=O)(=O)c2cc(CN3C(=O)C4CCCCC4C3=O)ccc2C)cc1. The molecule has 1 aliphatic heterocycles. The number of imide groups is 1. The minimum Gasteiger partial charge on any atom is -0.462 e. The summed E-state index contributed by atoms with van der Waals surface area (Å²) in [6.07, 6.45) is 3.37. The van der Waals surface area contributed by atoms with Gasteiger partial charge in [0.2, 0.25) is 11.8 Å². The van der Waals surface area contributed by atoms with Crippen LogP contribution in [0.25, 0.3) is 0 Å². The van der Waals surface area contributed by atoms with E-state index < -0.39 is 16.0 Å². The zero-order valence-electron chi connectivity index (χ0n) is 19.2. The molecular formula is C25H28N2O6S. The van der Waals surface area contributed by atoms with E-state index in [4.69, 9.17) is 4.74 Å². The van der Waals surface area contributed by atoms with E-state index in [-0.39, 0.29) is 41.7 Å². The number of carbonyl (C=O) groups is 3. The van der Waals surface area contributed by atoms with Gasteiger partial charge in [-0.2, -0.15) is 0 Å². The van der Waals surface area contributed by atoms with E-state index in [0.717, 1.165) is 25.7 Å². The zero-order valence-corrected chi connectivity index (χ0v) is 20.1. The molecule has 0 spiro atoms. The third-order valence-corrected chi connectivity index (χ3v) is 7.99. The average Bonchev–Trinajstić information content (AvgIpc) is 3.05. The van der Waals surface area contributed by atoms with Crippen LogP contribution in [0.3, 0.4) is 0 Å². The van der Waals surface area contributed by atoms with Crippen LogP contribution in [-0.4, -0.2) is 37.7 Å². The summed E-state index contributed by atoms with van der Waals surface area (Å²) in [6.45, 7) is 3.70. The second kappa shape index (κ2) is 9.58. The van der Waals surface area contributed by atoms with Crippen molar-refractivity contribution in [3.8, 4) is 0 Å². The third-order valence-electron chi connectivity index (χ3n) is 6.46. The molecule has 1 heterocycles. The van der Waals surface area contributed by atoms with Crippen molar-refractivity contribution in [2.45, 2.75) is 51.0 Å². The van der Waals surface area contributed by atoms with Crippen molar-refractivity contribution in [1.29, 1.82) is 0 Å². The average molecular weight is 485 g/mol. The number of fused-ring (bicyclic) bond motifs is 1. The van der Waals surface area contributed by atoms with Gasteiger partial charge in [-0.15, -0.1) is 0 Å². The number of rotatable bonds is 7. The topological polar surface area (TPSA) is 110 Å². The van der Waals surface area contributed by atoms with E-state index in [1.165, 1.54) is 35.2 Å². The molecule has 2 unspecified atom stereocenters. The first-order valence-electron chi connectivity index (χ1n) is 11.5. The molecule has 9 heteroatoms. The van der Waals surface area contributed by atoms with Gasteiger partial charge >= 0.3 is 5.97 Å². The van der Waals surface area contributed by atoms with Gasteiger partial charge in [-0.25, -0.2) is 13.2 Å². The molecule has 34 heavy (non-hydrogen) atoms. The number of carbonyl (C=O) groups excluding carboxylic acids is 3. The molecule has 2 atom stereocenters. The van der Waals surface area contributed by atoms with Crippen LogP contribution in [-0.2, 0) is 30.9 Å². The van der Waals surface area contributed by atoms with Crippen molar-refractivity contribution < 1.29 is 27.5 Å². The predicted octanol–water partition coefficient (Wildman–Crippen LogP) is 3.65. The molecule has 1 saturated heterocycles. The Morgan fingerprint density at radius 1 is 1.03 bits per heavy atom. The predicted molar refractivity (Wildman–Crippen MR) is 125 cm³/mol. The lowest BCUT2D eigenvalue weighted by Gasteiger charge is -2.19. The number of amides is 2. The number of hydrogen-bond acceptors (Lipinski definition) is 6. The smallest absolute Gasteiger partial charge is 0.338 e. The van der Waals surface area contributed by atoms with E-state index >= 15 is 0 Å². The van der Waals surface area contributed by atoms with Crippen molar-refractivity contribution in [3.63, 3.8) is 0 Å². The van der Waals surface area contributed by atoms with Gasteiger partial charge < -0.3 is 4.74 Å². The Morgan fingerprint density at radius 3 is 2.24 bits per heavy atom. The van der Waals surface area contributed by atoms with Gasteiger partial charge in [0.25, 0.3) is 10.0 Å². The molecule has 2 aliphatic rings. The van der Waals surface area contributed by atoms with Crippen LogP contribution in [0.15, 0.2) is 47.4 Å². The number of sulfonamides is 1. The number of aryl methyl sites for hydroxylation is 1. The monoisotopic (exact) mass is 484 g/mol. The van der Waals surface area contributed by atoms with Crippen molar-refractivity contribution in [2.75, 3.05) is 11.3 Å². The van der Waals surface area contributed by atoms with Crippen molar-refractivity contribution in [3.05, 3.63) is 59.2 Å². The number of anilines is 1. The van der Waals surface area contributed by atoms with Gasteiger partial charge in [0.1, 0.15) is 0 Å². The number of likely N-dealkylation sites (tertiary alicyclic amines) is 1. The molecule has 2 aromatic rings. The van der Waals surface area contributed by atoms with E-state index in [1.807, 2.05) is 0 Å². The fourth-order valence-corrected chi connectivity index (χ4v) is 6.06. The van der Waals surface area contributed by atoms with Crippen LogP contribution < -0.4 is 4.72 Å². The highest BCUT2D eigenvalue weighted by atomic mass is 32.2. The maximum Gasteiger partial charge on any atom is 0.338 e. The molecule has 0 radical (unpaired) electrons. The standard InChI is InChI=1S/C25H28N2O6S/c1-3-33-25(30)18-10-12-19(13-11-18)26-34(31,32)22-14-17(9-8-16(22)2)15-27-23(28)20-6-4-5-7-21(20)24(27)29/h8-14,20-21,26H,3-7,15H2,1-2H3. The van der Waals surface area contributed by atoms with E-state index in [2.05, 4.69) is 4.72 Å². The minimum absolute atomic E-state index is 0.0572. The van der Waals surface area contributed by atoms with Gasteiger partial charge in [-0.3, -0.25) is 19.2 Å². The Labute approximate surface area is 199 Å². The van der Waals surface area contributed by atoms with Gasteiger partial charge in [0, 0.05) is 5.69 Å². The molecule has 1 saturated carbocycles. The molecule has 0 bridgehead atoms. The second-order valence-corrected chi connectivity index (χ2v) is 10.4. The first kappa shape index (κ1) is 23.9. The van der Waals surface area contributed by atoms with Gasteiger partial charge in [-0.05, 0) is 68.1 Å². The summed E-state index contributed by atoms with van der Waals surface area (Å²) in [7, 11) is -3.95. The van der Waals surface area contributed by atoms with Crippen molar-refractivity contribution >= 4 is 33.5 Å². The molecule has 2 fully saturated rings. The lowest BCUT2D eigenvalue weighted by atomic mass is 9.81. The summed E-state index contributed by atoms with van der Waals surface area (Å²) >= 11 is 0. The number of ether oxygens (including phenoxy) is 1. The lowest BCUT2D eigenvalue weighted by molar-refractivity contribution is -0.140. The highest BCUT2D eigenvalue weighted by Gasteiger charge is 2.47. The van der Waals surface area contributed by atoms with Crippen molar-refractivity contribution in [2.24, 2.45) is 11.8 Å². The van der Waals surface area contributed by atoms with Crippen LogP contribution in [0.2, 0.25) is 0 Å². The van der Waals surface area contributed by atoms with Crippen molar-refractivity contribution in [1.82, 2.24) is 4.90 Å². The summed E-state index contributed by atoms with van der Waals surface area (Å²) < 4.78 is 33.7. The fourth-order valence-electron chi connectivity index (χ4n) is 4.70. The molecule has 8 nitrogen and oxygen atoms in total. The number of nitrogens with one attached hydrogen (secondary N) is 1. The molecule has 2 aromatic carbocycles. The zero-order chi connectivity index (χ0) is 24.5. The third kappa shape index (κ3) is 4.70. The summed E-state index contributed by atoms with van der Waals surface area (Å²) in [5.74, 6) is -1.27. The summed E-state index contributed by atoms with van der Waals surface area (Å²) in [4.78, 5) is 38.8. The summed E-state index contributed by atoms with van der Waals surface area (Å²) in [5.41, 5.74) is 1.73. The fraction of sp³-hybridized carbons (Fsp3) is 0.400. The molecule has 180 valence electrons. The Balaban J connectivity index is 1.53. The van der Waals surface area contributed by atoms with Crippen LogP contribution in [0.5, 0.6) is 0 Å². The van der Waals surface area contributed by atoms with E-state index in [0.29, 0.717) is 22.4 Å². The highest BCUT2D eigenvalue weighted by molar-refractivity contribution is 7.92. The highest BCUT2D eigenvalue weighted by Crippen LogP contribution is 2.38. The van der Waals surface area contributed by atoms with Crippen LogP contribution in [0.4, 0.5) is 5.69 Å². The first-order chi connectivity index (χ1) is 16.2. The van der Waals surface area contributed by atoms with Crippen LogP contribution >= 0.6 is 0 Å². The summed E-state index contributed by atoms with van der Waals surface area (Å²) in [5, 5.41) is 0. The number of nitrogens with zero attached hydrogens (tertiary/aromatic N) is 1. The molecular weight excluding hydrogens is 456 g/mol. The molecule has 1 N–H and O–H groups in total. The van der Waals surface area contributed by atoms with Gasteiger partial charge in [0.15, 0.2) is 0 Å². The minimum atomic E-state index is -3.95. The Hall–Kier alpha value is -3.20. The Morgan fingerprint density at radius 2 is 1.65 bits per heavy atom.